The van der Waals surface area contributed by atoms with Gasteiger partial charge in [0.1, 0.15) is 11.7 Å². The van der Waals surface area contributed by atoms with Crippen molar-refractivity contribution in [1.82, 2.24) is 5.32 Å². The zero-order chi connectivity index (χ0) is 13.6. The number of hydrogen-bond donors (Lipinski definition) is 2. The van der Waals surface area contributed by atoms with Crippen molar-refractivity contribution in [3.8, 4) is 0 Å². The van der Waals surface area contributed by atoms with Crippen molar-refractivity contribution in [2.75, 3.05) is 6.54 Å². The molecule has 0 radical (unpaired) electrons. The highest BCUT2D eigenvalue weighted by Gasteiger charge is 2.20. The Morgan fingerprint density at radius 2 is 2.06 bits per heavy atom. The van der Waals surface area contributed by atoms with Gasteiger partial charge >= 0.3 is 6.09 Å². The van der Waals surface area contributed by atoms with E-state index in [4.69, 9.17) is 4.74 Å². The van der Waals surface area contributed by atoms with Crippen LogP contribution in [0.15, 0.2) is 0 Å². The largest absolute Gasteiger partial charge is 0.444 e. The molecule has 100 valence electrons. The van der Waals surface area contributed by atoms with Gasteiger partial charge in [-0.25, -0.2) is 4.79 Å². The summed E-state index contributed by atoms with van der Waals surface area (Å²) >= 11 is 0. The second-order valence-corrected chi connectivity index (χ2v) is 4.95. The highest BCUT2D eigenvalue weighted by molar-refractivity contribution is 5.67. The van der Waals surface area contributed by atoms with Crippen molar-refractivity contribution in [3.05, 3.63) is 10.1 Å². The highest BCUT2D eigenvalue weighted by Crippen LogP contribution is 2.07. The number of alkyl carbamates (subject to hydrolysis) is 1. The van der Waals surface area contributed by atoms with Crippen molar-refractivity contribution in [1.29, 1.82) is 0 Å². The van der Waals surface area contributed by atoms with Crippen molar-refractivity contribution >= 4 is 6.09 Å². The number of nitrogens with one attached hydrogen (secondary N) is 1. The van der Waals surface area contributed by atoms with Gasteiger partial charge < -0.3 is 15.2 Å². The predicted molar refractivity (Wildman–Crippen MR) is 61.3 cm³/mol. The number of nitro groups is 1. The molecule has 7 heteroatoms. The van der Waals surface area contributed by atoms with Crippen LogP contribution in [-0.2, 0) is 4.74 Å². The number of carbonyl (C=O) groups excluding carboxylic acids is 1. The summed E-state index contributed by atoms with van der Waals surface area (Å²) in [6.07, 6.45) is -1.56. The number of rotatable bonds is 5. The topological polar surface area (TPSA) is 102 Å². The molecule has 0 fully saturated rings. The van der Waals surface area contributed by atoms with E-state index in [9.17, 15) is 20.0 Å². The molecule has 2 N–H and O–H groups in total. The van der Waals surface area contributed by atoms with E-state index in [0.717, 1.165) is 0 Å². The fraction of sp³-hybridized carbons (Fsp3) is 0.900. The molecule has 0 aliphatic carbocycles. The molecule has 0 rings (SSSR count). The van der Waals surface area contributed by atoms with E-state index in [1.807, 2.05) is 0 Å². The Labute approximate surface area is 100 Å². The van der Waals surface area contributed by atoms with E-state index in [1.54, 1.807) is 27.7 Å². The zero-order valence-corrected chi connectivity index (χ0v) is 10.6. The molecule has 0 heterocycles. The minimum atomic E-state index is -1.07. The van der Waals surface area contributed by atoms with Gasteiger partial charge in [-0.05, 0) is 34.1 Å². The smallest absolute Gasteiger partial charge is 0.407 e. The highest BCUT2D eigenvalue weighted by atomic mass is 16.6. The van der Waals surface area contributed by atoms with Crippen molar-refractivity contribution < 1.29 is 19.6 Å². The van der Waals surface area contributed by atoms with E-state index in [2.05, 4.69) is 5.32 Å². The third kappa shape index (κ3) is 9.55. The molecule has 0 aliphatic heterocycles. The van der Waals surface area contributed by atoms with Gasteiger partial charge in [0.05, 0.1) is 0 Å². The van der Waals surface area contributed by atoms with Crippen LogP contribution in [0.4, 0.5) is 4.79 Å². The average molecular weight is 248 g/mol. The van der Waals surface area contributed by atoms with Crippen LogP contribution in [0.25, 0.3) is 0 Å². The second kappa shape index (κ2) is 6.39. The first-order valence-electron chi connectivity index (χ1n) is 5.39. The molecule has 0 aromatic heterocycles. The molecular weight excluding hydrogens is 228 g/mol. The zero-order valence-electron chi connectivity index (χ0n) is 10.6. The summed E-state index contributed by atoms with van der Waals surface area (Å²) in [6, 6.07) is -0.389. The normalized spacial score (nSPS) is 14.9. The molecule has 0 saturated heterocycles. The lowest BCUT2D eigenvalue weighted by Crippen LogP contribution is -2.40. The Balaban J connectivity index is 3.97. The van der Waals surface area contributed by atoms with Crippen LogP contribution < -0.4 is 5.32 Å². The van der Waals surface area contributed by atoms with Gasteiger partial charge in [0.15, 0.2) is 0 Å². The van der Waals surface area contributed by atoms with E-state index in [0.29, 0.717) is 0 Å². The molecule has 0 aliphatic rings. The number of ether oxygens (including phenoxy) is 1. The van der Waals surface area contributed by atoms with Gasteiger partial charge in [-0.1, -0.05) is 0 Å². The summed E-state index contributed by atoms with van der Waals surface area (Å²) < 4.78 is 5.01. The Kier molecular flexibility index (Phi) is 5.87. The van der Waals surface area contributed by atoms with Crippen LogP contribution in [0.3, 0.4) is 0 Å². The molecule has 0 aromatic rings. The molecule has 7 nitrogen and oxygen atoms in total. The van der Waals surface area contributed by atoms with Crippen LogP contribution in [-0.4, -0.2) is 40.4 Å². The molecule has 2 atom stereocenters. The molecule has 17 heavy (non-hydrogen) atoms. The average Bonchev–Trinajstić information content (AvgIpc) is 1.95. The number of aliphatic hydroxyl groups excluding tert-OH is 1. The van der Waals surface area contributed by atoms with Crippen LogP contribution >= 0.6 is 0 Å². The Morgan fingerprint density at radius 1 is 1.53 bits per heavy atom. The number of carbonyl (C=O) groups is 1. The van der Waals surface area contributed by atoms with E-state index in [-0.39, 0.29) is 12.5 Å². The first-order chi connectivity index (χ1) is 7.60. The molecule has 0 aromatic carbocycles. The number of aliphatic hydroxyl groups is 1. The maximum absolute atomic E-state index is 11.3. The van der Waals surface area contributed by atoms with Gasteiger partial charge in [-0.15, -0.1) is 0 Å². The third-order valence-electron chi connectivity index (χ3n) is 1.75. The number of amides is 1. The summed E-state index contributed by atoms with van der Waals surface area (Å²) in [5.74, 6) is 0. The SMILES string of the molecule is C[C@@H](C[C@@H](O)C[N+](=O)[O-])NC(=O)OC(C)(C)C. The van der Waals surface area contributed by atoms with E-state index < -0.39 is 29.3 Å². The lowest BCUT2D eigenvalue weighted by atomic mass is 10.1. The molecule has 1 amide bonds. The lowest BCUT2D eigenvalue weighted by Gasteiger charge is -2.22. The maximum Gasteiger partial charge on any atom is 0.407 e. The molecule has 0 saturated carbocycles. The Hall–Kier alpha value is -1.37. The lowest BCUT2D eigenvalue weighted by molar-refractivity contribution is -0.490. The monoisotopic (exact) mass is 248 g/mol. The van der Waals surface area contributed by atoms with Crippen LogP contribution in [0.2, 0.25) is 0 Å². The van der Waals surface area contributed by atoms with Crippen molar-refractivity contribution in [2.24, 2.45) is 0 Å². The van der Waals surface area contributed by atoms with E-state index >= 15 is 0 Å². The maximum atomic E-state index is 11.3. The second-order valence-electron chi connectivity index (χ2n) is 4.95. The van der Waals surface area contributed by atoms with Crippen LogP contribution in [0.5, 0.6) is 0 Å². The van der Waals surface area contributed by atoms with Crippen molar-refractivity contribution in [2.45, 2.75) is 51.9 Å². The summed E-state index contributed by atoms with van der Waals surface area (Å²) in [7, 11) is 0. The standard InChI is InChI=1S/C10H20N2O5/c1-7(5-8(13)6-12(15)16)11-9(14)17-10(2,3)4/h7-8,13H,5-6H2,1-4H3,(H,11,14)/t7-,8+/m0/s1. The quantitative estimate of drug-likeness (QED) is 0.556. The summed E-state index contributed by atoms with van der Waals surface area (Å²) in [5.41, 5.74) is -0.594. The third-order valence-corrected chi connectivity index (χ3v) is 1.75. The molecular formula is C10H20N2O5. The number of nitrogens with zero attached hydrogens (tertiary/aromatic N) is 1. The summed E-state index contributed by atoms with van der Waals surface area (Å²) in [4.78, 5) is 20.9. The van der Waals surface area contributed by atoms with Crippen LogP contribution in [0.1, 0.15) is 34.1 Å². The molecule has 0 spiro atoms. The van der Waals surface area contributed by atoms with Gasteiger partial charge in [0, 0.05) is 11.0 Å². The minimum Gasteiger partial charge on any atom is -0.444 e. The Bertz CT molecular complexity index is 274. The van der Waals surface area contributed by atoms with Gasteiger partial charge in [-0.2, -0.15) is 0 Å². The van der Waals surface area contributed by atoms with Crippen molar-refractivity contribution in [3.63, 3.8) is 0 Å². The fourth-order valence-electron chi connectivity index (χ4n) is 1.22. The molecule has 0 unspecified atom stereocenters. The van der Waals surface area contributed by atoms with Gasteiger partial charge in [-0.3, -0.25) is 10.1 Å². The summed E-state index contributed by atoms with van der Waals surface area (Å²) in [5, 5.41) is 21.9. The summed E-state index contributed by atoms with van der Waals surface area (Å²) in [6.45, 7) is 6.32. The minimum absolute atomic E-state index is 0.111. The Morgan fingerprint density at radius 3 is 2.47 bits per heavy atom. The fourth-order valence-corrected chi connectivity index (χ4v) is 1.22. The number of hydrogen-bond acceptors (Lipinski definition) is 5. The first-order valence-corrected chi connectivity index (χ1v) is 5.39. The van der Waals surface area contributed by atoms with Gasteiger partial charge in [0.25, 0.3) is 0 Å². The first kappa shape index (κ1) is 15.6. The van der Waals surface area contributed by atoms with E-state index in [1.165, 1.54) is 0 Å². The van der Waals surface area contributed by atoms with Gasteiger partial charge in [0.2, 0.25) is 6.54 Å². The molecule has 0 bridgehead atoms. The predicted octanol–water partition coefficient (Wildman–Crippen LogP) is 0.927. The van der Waals surface area contributed by atoms with Crippen LogP contribution in [0, 0.1) is 10.1 Å².